The van der Waals surface area contributed by atoms with Crippen molar-refractivity contribution in [2.45, 2.75) is 30.2 Å². The zero-order valence-corrected chi connectivity index (χ0v) is 33.6. The molecule has 3 heteroatoms. The Morgan fingerprint density at radius 1 is 0.583 bits per heavy atom. The second-order valence-corrected chi connectivity index (χ2v) is 16.9. The van der Waals surface area contributed by atoms with Gasteiger partial charge in [-0.1, -0.05) is 183 Å². The Bertz CT molecular complexity index is 3160. The minimum absolute atomic E-state index is 0.0175. The van der Waals surface area contributed by atoms with E-state index in [1.54, 1.807) is 0 Å². The van der Waals surface area contributed by atoms with Gasteiger partial charge in [-0.3, -0.25) is 0 Å². The van der Waals surface area contributed by atoms with E-state index in [4.69, 9.17) is 9.73 Å². The molecule has 60 heavy (non-hydrogen) atoms. The highest BCUT2D eigenvalue weighted by molar-refractivity contribution is 6.09. The van der Waals surface area contributed by atoms with Crippen LogP contribution in [0.2, 0.25) is 0 Å². The molecule has 8 aromatic carbocycles. The average Bonchev–Trinajstić information content (AvgIpc) is 3.60. The zero-order valence-electron chi connectivity index (χ0n) is 33.6. The first kappa shape index (κ1) is 34.8. The largest absolute Gasteiger partial charge is 0.457 e. The highest BCUT2D eigenvalue weighted by atomic mass is 16.5. The predicted molar refractivity (Wildman–Crippen MR) is 246 cm³/mol. The maximum absolute atomic E-state index is 6.88. The van der Waals surface area contributed by atoms with Crippen LogP contribution in [-0.4, -0.2) is 17.8 Å². The van der Waals surface area contributed by atoms with E-state index in [9.17, 15) is 0 Å². The Balaban J connectivity index is 1.02. The van der Waals surface area contributed by atoms with Gasteiger partial charge in [0.25, 0.3) is 0 Å². The maximum Gasteiger partial charge on any atom is 0.137 e. The van der Waals surface area contributed by atoms with Crippen LogP contribution < -0.4 is 4.74 Å². The first-order valence-electron chi connectivity index (χ1n) is 21.0. The standard InChI is InChI=1S/C57H42N2O/c1-56(33-32-54-50(36-56)57(49-26-14-15-27-53(49)60-54)47-24-12-8-20-43(47)44-21-9-13-25-48(44)57)46-23-11-10-22-45(46)55-58-51(35-52(59(55)2)38-17-4-3-5-18-38)40-30-31-42-39(34-40)29-28-37-16-6-7-19-41(37)42/h3-35,52H,36H2,1-2H3. The summed E-state index contributed by atoms with van der Waals surface area (Å²) in [6.45, 7) is 2.40. The van der Waals surface area contributed by atoms with Gasteiger partial charge in [-0.25, -0.2) is 4.99 Å². The van der Waals surface area contributed by atoms with E-state index in [-0.39, 0.29) is 11.5 Å². The van der Waals surface area contributed by atoms with E-state index in [1.165, 1.54) is 66.1 Å². The Labute approximate surface area is 351 Å². The summed E-state index contributed by atoms with van der Waals surface area (Å²) >= 11 is 0. The second kappa shape index (κ2) is 13.1. The SMILES string of the molecule is CN1C(c2ccccc2C2(C)C=CC3=C(C2)C2(c4ccccc4O3)c3ccccc3-c3ccccc32)=NC(c2ccc3c(ccc4ccccc43)c2)=CC1c1ccccc1. The zero-order chi connectivity index (χ0) is 40.0. The number of fused-ring (bicyclic) bond motifs is 11. The number of hydrogen-bond acceptors (Lipinski definition) is 3. The number of para-hydroxylation sites is 1. The number of allylic oxidation sites excluding steroid dienone is 3. The number of rotatable bonds is 4. The first-order chi connectivity index (χ1) is 29.5. The molecule has 2 aliphatic carbocycles. The molecule has 3 nitrogen and oxygen atoms in total. The van der Waals surface area contributed by atoms with Gasteiger partial charge in [-0.15, -0.1) is 0 Å². The minimum atomic E-state index is -0.493. The fraction of sp³-hybridized carbons (Fsp3) is 0.105. The van der Waals surface area contributed by atoms with Crippen LogP contribution in [0.5, 0.6) is 5.75 Å². The van der Waals surface area contributed by atoms with Gasteiger partial charge in [-0.2, -0.15) is 0 Å². The number of likely N-dealkylation sites (N-methyl/N-ethyl adjacent to an activating group) is 1. The molecule has 0 aromatic heterocycles. The van der Waals surface area contributed by atoms with Gasteiger partial charge in [0.2, 0.25) is 0 Å². The normalized spacial score (nSPS) is 19.6. The Morgan fingerprint density at radius 3 is 1.98 bits per heavy atom. The Hall–Kier alpha value is -7.23. The highest BCUT2D eigenvalue weighted by Crippen LogP contribution is 2.63. The smallest absolute Gasteiger partial charge is 0.137 e. The molecule has 2 atom stereocenters. The van der Waals surface area contributed by atoms with Gasteiger partial charge in [0.15, 0.2) is 0 Å². The number of nitrogens with zero attached hydrogens (tertiary/aromatic N) is 2. The van der Waals surface area contributed by atoms with Crippen molar-refractivity contribution in [3.05, 3.63) is 250 Å². The third kappa shape index (κ3) is 4.99. The van der Waals surface area contributed by atoms with Crippen molar-refractivity contribution in [2.75, 3.05) is 7.05 Å². The van der Waals surface area contributed by atoms with Crippen LogP contribution in [-0.2, 0) is 10.8 Å². The molecule has 0 bridgehead atoms. The molecule has 0 saturated carbocycles. The molecule has 286 valence electrons. The van der Waals surface area contributed by atoms with Crippen molar-refractivity contribution in [3.63, 3.8) is 0 Å². The molecule has 4 aliphatic rings. The monoisotopic (exact) mass is 770 g/mol. The number of aliphatic imine (C=N–C) groups is 1. The molecule has 0 fully saturated rings. The Kier molecular flexibility index (Phi) is 7.62. The van der Waals surface area contributed by atoms with Crippen molar-refractivity contribution >= 4 is 33.1 Å². The lowest BCUT2D eigenvalue weighted by Gasteiger charge is -2.46. The van der Waals surface area contributed by atoms with Crippen molar-refractivity contribution in [1.29, 1.82) is 0 Å². The van der Waals surface area contributed by atoms with Gasteiger partial charge < -0.3 is 9.64 Å². The number of benzene rings is 8. The Morgan fingerprint density at radius 2 is 1.20 bits per heavy atom. The van der Waals surface area contributed by atoms with Crippen LogP contribution in [0.25, 0.3) is 38.4 Å². The molecule has 12 rings (SSSR count). The lowest BCUT2D eigenvalue weighted by Crippen LogP contribution is -2.40. The van der Waals surface area contributed by atoms with Crippen LogP contribution in [0.15, 0.2) is 217 Å². The lowest BCUT2D eigenvalue weighted by atomic mass is 9.59. The fourth-order valence-corrected chi connectivity index (χ4v) is 10.8. The molecule has 2 heterocycles. The molecule has 2 aliphatic heterocycles. The first-order valence-corrected chi connectivity index (χ1v) is 21.0. The van der Waals surface area contributed by atoms with Gasteiger partial charge >= 0.3 is 0 Å². The molecule has 0 radical (unpaired) electrons. The van der Waals surface area contributed by atoms with Crippen LogP contribution >= 0.6 is 0 Å². The van der Waals surface area contributed by atoms with E-state index in [0.29, 0.717) is 0 Å². The van der Waals surface area contributed by atoms with E-state index in [1.807, 2.05) is 0 Å². The molecular weight excluding hydrogens is 729 g/mol. The predicted octanol–water partition coefficient (Wildman–Crippen LogP) is 13.3. The van der Waals surface area contributed by atoms with Crippen LogP contribution in [0.4, 0.5) is 0 Å². The summed E-state index contributed by atoms with van der Waals surface area (Å²) in [6, 6.07) is 66.3. The molecule has 8 aromatic rings. The van der Waals surface area contributed by atoms with E-state index < -0.39 is 5.41 Å². The van der Waals surface area contributed by atoms with Gasteiger partial charge in [0.1, 0.15) is 17.3 Å². The van der Waals surface area contributed by atoms with Crippen molar-refractivity contribution in [1.82, 2.24) is 4.90 Å². The number of amidine groups is 1. The van der Waals surface area contributed by atoms with Crippen LogP contribution in [0, 0.1) is 0 Å². The van der Waals surface area contributed by atoms with Crippen molar-refractivity contribution in [2.24, 2.45) is 4.99 Å². The van der Waals surface area contributed by atoms with E-state index in [2.05, 4.69) is 219 Å². The summed E-state index contributed by atoms with van der Waals surface area (Å²) in [7, 11) is 2.19. The summed E-state index contributed by atoms with van der Waals surface area (Å²) in [5.41, 5.74) is 12.5. The molecule has 0 N–H and O–H groups in total. The maximum atomic E-state index is 6.88. The quantitative estimate of drug-likeness (QED) is 0.167. The summed E-state index contributed by atoms with van der Waals surface area (Å²) in [5, 5.41) is 4.99. The topological polar surface area (TPSA) is 24.8 Å². The molecular formula is C57H42N2O. The molecule has 0 amide bonds. The second-order valence-electron chi connectivity index (χ2n) is 16.9. The van der Waals surface area contributed by atoms with Gasteiger partial charge in [0.05, 0.1) is 17.2 Å². The third-order valence-electron chi connectivity index (χ3n) is 13.6. The lowest BCUT2D eigenvalue weighted by molar-refractivity contribution is 0.371. The van der Waals surface area contributed by atoms with E-state index >= 15 is 0 Å². The number of ether oxygens (including phenoxy) is 1. The number of hydrogen-bond donors (Lipinski definition) is 0. The summed E-state index contributed by atoms with van der Waals surface area (Å²) < 4.78 is 6.88. The van der Waals surface area contributed by atoms with Crippen molar-refractivity contribution < 1.29 is 4.74 Å². The van der Waals surface area contributed by atoms with Gasteiger partial charge in [0, 0.05) is 29.2 Å². The molecule has 1 spiro atoms. The minimum Gasteiger partial charge on any atom is -0.457 e. The van der Waals surface area contributed by atoms with Crippen LogP contribution in [0.3, 0.4) is 0 Å². The summed E-state index contributed by atoms with van der Waals surface area (Å²) in [5.74, 6) is 2.82. The molecule has 2 unspecified atom stereocenters. The van der Waals surface area contributed by atoms with E-state index in [0.717, 1.165) is 40.6 Å². The summed E-state index contributed by atoms with van der Waals surface area (Å²) in [4.78, 5) is 7.98. The fourth-order valence-electron chi connectivity index (χ4n) is 10.8. The summed E-state index contributed by atoms with van der Waals surface area (Å²) in [6.07, 6.45) is 7.73. The highest BCUT2D eigenvalue weighted by Gasteiger charge is 2.54. The van der Waals surface area contributed by atoms with Crippen molar-refractivity contribution in [3.8, 4) is 16.9 Å². The van der Waals surface area contributed by atoms with Gasteiger partial charge in [-0.05, 0) is 91.2 Å². The third-order valence-corrected chi connectivity index (χ3v) is 13.6. The average molecular weight is 771 g/mol. The molecule has 0 saturated heterocycles. The van der Waals surface area contributed by atoms with Crippen LogP contribution in [0.1, 0.15) is 58.3 Å².